The second kappa shape index (κ2) is 3.38. The lowest BCUT2D eigenvalue weighted by Crippen LogP contribution is -2.16. The number of rotatable bonds is 2. The van der Waals surface area contributed by atoms with Crippen molar-refractivity contribution in [3.63, 3.8) is 0 Å². The van der Waals surface area contributed by atoms with Crippen LogP contribution in [0, 0.1) is 0 Å². The number of hydrogen-bond donors (Lipinski definition) is 0. The monoisotopic (exact) mass is 196 g/mol. The van der Waals surface area contributed by atoms with E-state index in [-0.39, 0.29) is 13.0 Å². The Hall–Kier alpha value is -0.660. The van der Waals surface area contributed by atoms with E-state index in [0.29, 0.717) is 0 Å². The fourth-order valence-corrected chi connectivity index (χ4v) is 1.57. The first kappa shape index (κ1) is 9.43. The van der Waals surface area contributed by atoms with Crippen LogP contribution in [0.25, 0.3) is 0 Å². The zero-order chi connectivity index (χ0) is 9.19. The minimum atomic E-state index is -3.86. The minimum absolute atomic E-state index is 0.115. The summed E-state index contributed by atoms with van der Waals surface area (Å²) in [7, 11) is -2.64. The van der Waals surface area contributed by atoms with Crippen molar-refractivity contribution in [2.75, 3.05) is 13.7 Å². The average molecular weight is 196 g/mol. The van der Waals surface area contributed by atoms with Gasteiger partial charge < -0.3 is 4.74 Å². The molecular formula is C5H8O6S. The highest BCUT2D eigenvalue weighted by atomic mass is 32.3. The van der Waals surface area contributed by atoms with Crippen LogP contribution in [0.1, 0.15) is 6.42 Å². The smallest absolute Gasteiger partial charge is 0.400 e. The Morgan fingerprint density at radius 2 is 2.33 bits per heavy atom. The Kier molecular flexibility index (Phi) is 2.65. The molecule has 0 aromatic carbocycles. The molecule has 0 N–H and O–H groups in total. The van der Waals surface area contributed by atoms with E-state index in [0.717, 1.165) is 0 Å². The second-order valence-electron chi connectivity index (χ2n) is 2.19. The van der Waals surface area contributed by atoms with Crippen molar-refractivity contribution in [2.24, 2.45) is 0 Å². The molecule has 1 aliphatic rings. The standard InChI is InChI=1S/C5H8O6S/c1-9-5(6)2-4-3-10-12(7,8)11-4/h4H,2-3H2,1H3/t4-/m1/s1. The summed E-state index contributed by atoms with van der Waals surface area (Å²) < 4.78 is 34.0. The van der Waals surface area contributed by atoms with E-state index < -0.39 is 22.5 Å². The van der Waals surface area contributed by atoms with E-state index in [2.05, 4.69) is 13.1 Å². The van der Waals surface area contributed by atoms with Crippen LogP contribution in [0.5, 0.6) is 0 Å². The quantitative estimate of drug-likeness (QED) is 0.538. The van der Waals surface area contributed by atoms with Gasteiger partial charge >= 0.3 is 16.4 Å². The maximum absolute atomic E-state index is 10.6. The highest BCUT2D eigenvalue weighted by Gasteiger charge is 2.31. The van der Waals surface area contributed by atoms with Gasteiger partial charge in [0.15, 0.2) is 0 Å². The van der Waals surface area contributed by atoms with Crippen molar-refractivity contribution < 1.29 is 26.3 Å². The van der Waals surface area contributed by atoms with Gasteiger partial charge in [-0.15, -0.1) is 0 Å². The molecule has 12 heavy (non-hydrogen) atoms. The lowest BCUT2D eigenvalue weighted by molar-refractivity contribution is -0.142. The van der Waals surface area contributed by atoms with Crippen molar-refractivity contribution in [1.29, 1.82) is 0 Å². The third-order valence-electron chi connectivity index (χ3n) is 1.27. The third-order valence-corrected chi connectivity index (χ3v) is 2.21. The Balaban J connectivity index is 2.43. The third kappa shape index (κ3) is 2.43. The number of hydrogen-bond acceptors (Lipinski definition) is 6. The molecule has 0 aromatic rings. The number of esters is 1. The van der Waals surface area contributed by atoms with Crippen molar-refractivity contribution in [3.05, 3.63) is 0 Å². The van der Waals surface area contributed by atoms with E-state index in [4.69, 9.17) is 0 Å². The number of ether oxygens (including phenoxy) is 1. The van der Waals surface area contributed by atoms with Gasteiger partial charge in [-0.25, -0.2) is 8.37 Å². The molecule has 0 radical (unpaired) electrons. The van der Waals surface area contributed by atoms with Crippen LogP contribution in [-0.2, 0) is 28.3 Å². The zero-order valence-corrected chi connectivity index (χ0v) is 7.17. The van der Waals surface area contributed by atoms with Crippen molar-refractivity contribution >= 4 is 16.4 Å². The van der Waals surface area contributed by atoms with Gasteiger partial charge in [-0.3, -0.25) is 4.79 Å². The molecule has 0 spiro atoms. The largest absolute Gasteiger partial charge is 0.469 e. The molecule has 1 fully saturated rings. The average Bonchev–Trinajstić information content (AvgIpc) is 2.30. The van der Waals surface area contributed by atoms with Gasteiger partial charge in [0, 0.05) is 0 Å². The molecule has 1 saturated heterocycles. The van der Waals surface area contributed by atoms with E-state index in [1.807, 2.05) is 0 Å². The van der Waals surface area contributed by atoms with Gasteiger partial charge in [0.05, 0.1) is 20.1 Å². The van der Waals surface area contributed by atoms with E-state index in [1.54, 1.807) is 0 Å². The first-order chi connectivity index (χ1) is 5.53. The molecule has 70 valence electrons. The minimum Gasteiger partial charge on any atom is -0.469 e. The van der Waals surface area contributed by atoms with E-state index in [9.17, 15) is 13.2 Å². The molecule has 1 heterocycles. The summed E-state index contributed by atoms with van der Waals surface area (Å²) in [5, 5.41) is 0. The number of carbonyl (C=O) groups is 1. The summed E-state index contributed by atoms with van der Waals surface area (Å²) in [6.07, 6.45) is -0.863. The summed E-state index contributed by atoms with van der Waals surface area (Å²) in [6.45, 7) is -0.128. The summed E-state index contributed by atoms with van der Waals surface area (Å²) in [6, 6.07) is 0. The zero-order valence-electron chi connectivity index (χ0n) is 6.35. The molecule has 0 amide bonds. The van der Waals surface area contributed by atoms with Crippen molar-refractivity contribution in [2.45, 2.75) is 12.5 Å². The molecule has 0 aromatic heterocycles. The van der Waals surface area contributed by atoms with Crippen LogP contribution >= 0.6 is 0 Å². The van der Waals surface area contributed by atoms with Gasteiger partial charge in [-0.1, -0.05) is 0 Å². The highest BCUT2D eigenvalue weighted by Crippen LogP contribution is 2.15. The first-order valence-corrected chi connectivity index (χ1v) is 4.51. The Morgan fingerprint density at radius 1 is 1.67 bits per heavy atom. The predicted octanol–water partition coefficient (Wildman–Crippen LogP) is -0.790. The molecule has 1 rings (SSSR count). The number of carbonyl (C=O) groups excluding carboxylic acids is 1. The van der Waals surface area contributed by atoms with Crippen LogP contribution in [-0.4, -0.2) is 34.2 Å². The fourth-order valence-electron chi connectivity index (χ4n) is 0.744. The lowest BCUT2D eigenvalue weighted by Gasteiger charge is -2.01. The normalized spacial score (nSPS) is 26.9. The summed E-state index contributed by atoms with van der Waals surface area (Å²) in [5.74, 6) is -0.527. The highest BCUT2D eigenvalue weighted by molar-refractivity contribution is 7.82. The summed E-state index contributed by atoms with van der Waals surface area (Å²) >= 11 is 0. The SMILES string of the molecule is COC(=O)C[C@@H]1COS(=O)(=O)O1. The predicted molar refractivity (Wildman–Crippen MR) is 36.4 cm³/mol. The molecule has 1 aliphatic heterocycles. The molecule has 0 saturated carbocycles. The summed E-state index contributed by atoms with van der Waals surface area (Å²) in [4.78, 5) is 10.6. The fraction of sp³-hybridized carbons (Fsp3) is 0.800. The molecule has 0 aliphatic carbocycles. The molecule has 0 unspecified atom stereocenters. The number of methoxy groups -OCH3 is 1. The van der Waals surface area contributed by atoms with Gasteiger partial charge in [0.1, 0.15) is 6.10 Å². The van der Waals surface area contributed by atoms with Crippen LogP contribution in [0.3, 0.4) is 0 Å². The molecule has 6 nitrogen and oxygen atoms in total. The van der Waals surface area contributed by atoms with Gasteiger partial charge in [0.25, 0.3) is 0 Å². The molecular weight excluding hydrogens is 188 g/mol. The van der Waals surface area contributed by atoms with Gasteiger partial charge in [0.2, 0.25) is 0 Å². The Labute approximate surface area is 69.7 Å². The second-order valence-corrected chi connectivity index (χ2v) is 3.44. The van der Waals surface area contributed by atoms with Gasteiger partial charge in [-0.05, 0) is 0 Å². The van der Waals surface area contributed by atoms with Crippen molar-refractivity contribution in [1.82, 2.24) is 0 Å². The van der Waals surface area contributed by atoms with Crippen LogP contribution < -0.4 is 0 Å². The summed E-state index contributed by atoms with van der Waals surface area (Å²) in [5.41, 5.74) is 0. The molecule has 0 bridgehead atoms. The topological polar surface area (TPSA) is 78.9 Å². The van der Waals surface area contributed by atoms with Crippen LogP contribution in [0.2, 0.25) is 0 Å². The molecule has 7 heteroatoms. The first-order valence-electron chi connectivity index (χ1n) is 3.18. The van der Waals surface area contributed by atoms with E-state index in [1.165, 1.54) is 7.11 Å². The van der Waals surface area contributed by atoms with Gasteiger partial charge in [-0.2, -0.15) is 8.42 Å². The Bertz CT molecular complexity index is 268. The lowest BCUT2D eigenvalue weighted by atomic mass is 10.3. The van der Waals surface area contributed by atoms with Crippen LogP contribution in [0.4, 0.5) is 0 Å². The maximum atomic E-state index is 10.6. The Morgan fingerprint density at radius 3 is 2.75 bits per heavy atom. The van der Waals surface area contributed by atoms with Crippen LogP contribution in [0.15, 0.2) is 0 Å². The molecule has 1 atom stereocenters. The maximum Gasteiger partial charge on any atom is 0.400 e. The van der Waals surface area contributed by atoms with E-state index >= 15 is 0 Å². The van der Waals surface area contributed by atoms with Crippen molar-refractivity contribution in [3.8, 4) is 0 Å².